The first-order chi connectivity index (χ1) is 22.3. The van der Waals surface area contributed by atoms with Gasteiger partial charge in [0.25, 0.3) is 0 Å². The number of benzene rings is 5. The van der Waals surface area contributed by atoms with Gasteiger partial charge in [-0.1, -0.05) is 97.1 Å². The molecule has 0 aliphatic rings. The highest BCUT2D eigenvalue weighted by molar-refractivity contribution is 6.29. The Kier molecular flexibility index (Phi) is 4.26. The number of fused-ring (bicyclic) bond motifs is 12. The van der Waals surface area contributed by atoms with E-state index in [1.807, 2.05) is 18.2 Å². The molecule has 0 N–H and O–H groups in total. The Morgan fingerprint density at radius 3 is 2.02 bits per heavy atom. The summed E-state index contributed by atoms with van der Waals surface area (Å²) in [5.41, 5.74) is 10.3. The monoisotopic (exact) mass is 574 g/mol. The van der Waals surface area contributed by atoms with Gasteiger partial charge in [0.05, 0.1) is 38.8 Å². The molecule has 0 aliphatic heterocycles. The normalized spacial score (nSPS) is 12.4. The SMILES string of the molecule is c1ccc2c(-c3cccc4oc5ccccc5c34)nc(-n3c4ccccc4c4c3c3c5ccccc5c5cccc4n53)nc2c1. The lowest BCUT2D eigenvalue weighted by atomic mass is 10.0. The first kappa shape index (κ1) is 23.3. The fourth-order valence-corrected chi connectivity index (χ4v) is 7.70. The van der Waals surface area contributed by atoms with E-state index in [0.29, 0.717) is 5.95 Å². The molecule has 0 bridgehead atoms. The molecule has 5 aromatic carbocycles. The van der Waals surface area contributed by atoms with Gasteiger partial charge in [-0.15, -0.1) is 0 Å². The molecule has 6 heterocycles. The molecule has 11 rings (SSSR count). The van der Waals surface area contributed by atoms with E-state index >= 15 is 0 Å². The maximum Gasteiger partial charge on any atom is 0.235 e. The summed E-state index contributed by atoms with van der Waals surface area (Å²) in [7, 11) is 0. The van der Waals surface area contributed by atoms with Gasteiger partial charge >= 0.3 is 0 Å². The van der Waals surface area contributed by atoms with E-state index in [1.165, 1.54) is 38.1 Å². The Labute approximate surface area is 255 Å². The molecule has 0 radical (unpaired) electrons. The summed E-state index contributed by atoms with van der Waals surface area (Å²) in [5, 5.41) is 8.03. The van der Waals surface area contributed by atoms with Crippen molar-refractivity contribution in [2.45, 2.75) is 0 Å². The van der Waals surface area contributed by atoms with Crippen molar-refractivity contribution in [1.82, 2.24) is 18.9 Å². The molecule has 45 heavy (non-hydrogen) atoms. The number of furan rings is 1. The average molecular weight is 575 g/mol. The number of hydrogen-bond donors (Lipinski definition) is 0. The third-order valence-corrected chi connectivity index (χ3v) is 9.48. The highest BCUT2D eigenvalue weighted by Gasteiger charge is 2.26. The van der Waals surface area contributed by atoms with Gasteiger partial charge in [0.15, 0.2) is 0 Å². The van der Waals surface area contributed by atoms with Crippen molar-refractivity contribution in [2.24, 2.45) is 0 Å². The van der Waals surface area contributed by atoms with Crippen LogP contribution in [0.15, 0.2) is 138 Å². The van der Waals surface area contributed by atoms with Crippen molar-refractivity contribution < 1.29 is 4.42 Å². The van der Waals surface area contributed by atoms with Crippen molar-refractivity contribution >= 4 is 82.0 Å². The summed E-state index contributed by atoms with van der Waals surface area (Å²) in [6, 6.07) is 46.7. The van der Waals surface area contributed by atoms with Gasteiger partial charge in [0.1, 0.15) is 11.2 Å². The van der Waals surface area contributed by atoms with Crippen LogP contribution in [0.25, 0.3) is 99.2 Å². The van der Waals surface area contributed by atoms with Gasteiger partial charge in [-0.2, -0.15) is 0 Å². The lowest BCUT2D eigenvalue weighted by Crippen LogP contribution is -2.03. The number of pyridine rings is 1. The van der Waals surface area contributed by atoms with E-state index in [-0.39, 0.29) is 0 Å². The predicted octanol–water partition coefficient (Wildman–Crippen LogP) is 10.3. The van der Waals surface area contributed by atoms with Crippen molar-refractivity contribution in [3.05, 3.63) is 133 Å². The molecule has 0 atom stereocenters. The topological polar surface area (TPSA) is 48.3 Å². The number of rotatable bonds is 2. The van der Waals surface area contributed by atoms with E-state index in [4.69, 9.17) is 14.4 Å². The van der Waals surface area contributed by atoms with Gasteiger partial charge in [-0.05, 0) is 36.4 Å². The average Bonchev–Trinajstić information content (AvgIpc) is 3.83. The fourth-order valence-electron chi connectivity index (χ4n) is 7.70. The molecular weight excluding hydrogens is 552 g/mol. The lowest BCUT2D eigenvalue weighted by Gasteiger charge is -2.12. The standard InChI is InChI=1S/C40H22N4O/c1-2-12-24-23(11-1)30-19-10-20-32-36-26-14-4-7-18-31(26)44(39(36)38(24)43(30)32)40-41-29-17-6-3-13-25(29)37(42-40)28-16-9-22-34-35(28)27-15-5-8-21-33(27)45-34/h1-22H. The first-order valence-corrected chi connectivity index (χ1v) is 15.2. The van der Waals surface area contributed by atoms with Gasteiger partial charge in [0.2, 0.25) is 5.95 Å². The van der Waals surface area contributed by atoms with Crippen LogP contribution in [0.2, 0.25) is 0 Å². The quantitative estimate of drug-likeness (QED) is 0.206. The molecule has 0 unspecified atom stereocenters. The van der Waals surface area contributed by atoms with Crippen LogP contribution in [0.5, 0.6) is 0 Å². The highest BCUT2D eigenvalue weighted by atomic mass is 16.3. The molecule has 6 aromatic heterocycles. The second-order valence-electron chi connectivity index (χ2n) is 11.8. The molecule has 208 valence electrons. The number of para-hydroxylation sites is 3. The molecule has 5 heteroatoms. The van der Waals surface area contributed by atoms with Crippen LogP contribution in [0.1, 0.15) is 0 Å². The fraction of sp³-hybridized carbons (Fsp3) is 0. The molecule has 5 nitrogen and oxygen atoms in total. The minimum Gasteiger partial charge on any atom is -0.456 e. The third-order valence-electron chi connectivity index (χ3n) is 9.48. The largest absolute Gasteiger partial charge is 0.456 e. The van der Waals surface area contributed by atoms with E-state index in [1.54, 1.807) is 0 Å². The number of hydrogen-bond acceptors (Lipinski definition) is 3. The molecule has 0 saturated heterocycles. The van der Waals surface area contributed by atoms with E-state index in [0.717, 1.165) is 55.1 Å². The van der Waals surface area contributed by atoms with Crippen LogP contribution in [0.3, 0.4) is 0 Å². The third kappa shape index (κ3) is 2.88. The smallest absolute Gasteiger partial charge is 0.235 e. The van der Waals surface area contributed by atoms with Crippen LogP contribution < -0.4 is 0 Å². The first-order valence-electron chi connectivity index (χ1n) is 15.2. The molecule has 0 fully saturated rings. The molecule has 0 aliphatic carbocycles. The maximum atomic E-state index is 6.30. The van der Waals surface area contributed by atoms with Gasteiger partial charge in [-0.25, -0.2) is 9.97 Å². The Morgan fingerprint density at radius 2 is 1.11 bits per heavy atom. The minimum atomic E-state index is 0.651. The van der Waals surface area contributed by atoms with Crippen LogP contribution in [-0.4, -0.2) is 18.9 Å². The summed E-state index contributed by atoms with van der Waals surface area (Å²) in [5.74, 6) is 0.651. The van der Waals surface area contributed by atoms with Crippen molar-refractivity contribution in [1.29, 1.82) is 0 Å². The van der Waals surface area contributed by atoms with Gasteiger partial charge < -0.3 is 8.82 Å². The molecule has 11 aromatic rings. The van der Waals surface area contributed by atoms with Crippen molar-refractivity contribution in [3.63, 3.8) is 0 Å². The molecule has 0 amide bonds. The van der Waals surface area contributed by atoms with Crippen LogP contribution >= 0.6 is 0 Å². The highest BCUT2D eigenvalue weighted by Crippen LogP contribution is 2.45. The Balaban J connectivity index is 1.34. The second-order valence-corrected chi connectivity index (χ2v) is 11.8. The second kappa shape index (κ2) is 8.24. The van der Waals surface area contributed by atoms with Crippen LogP contribution in [-0.2, 0) is 0 Å². The molecular formula is C40H22N4O. The summed E-state index contributed by atoms with van der Waals surface area (Å²) >= 11 is 0. The number of nitrogens with zero attached hydrogens (tertiary/aromatic N) is 4. The Morgan fingerprint density at radius 1 is 0.444 bits per heavy atom. The lowest BCUT2D eigenvalue weighted by molar-refractivity contribution is 0.669. The zero-order valence-corrected chi connectivity index (χ0v) is 23.9. The van der Waals surface area contributed by atoms with Crippen LogP contribution in [0, 0.1) is 0 Å². The van der Waals surface area contributed by atoms with Crippen molar-refractivity contribution in [3.8, 4) is 17.2 Å². The summed E-state index contributed by atoms with van der Waals surface area (Å²) in [6.45, 7) is 0. The zero-order valence-electron chi connectivity index (χ0n) is 23.9. The maximum absolute atomic E-state index is 6.30. The van der Waals surface area contributed by atoms with Gasteiger partial charge in [0, 0.05) is 43.3 Å². The van der Waals surface area contributed by atoms with Gasteiger partial charge in [-0.3, -0.25) is 4.57 Å². The predicted molar refractivity (Wildman–Crippen MR) is 184 cm³/mol. The van der Waals surface area contributed by atoms with Crippen LogP contribution in [0.4, 0.5) is 0 Å². The summed E-state index contributed by atoms with van der Waals surface area (Å²) in [6.07, 6.45) is 0. The van der Waals surface area contributed by atoms with Crippen molar-refractivity contribution in [2.75, 3.05) is 0 Å². The van der Waals surface area contributed by atoms with E-state index < -0.39 is 0 Å². The number of aromatic nitrogens is 4. The molecule has 0 saturated carbocycles. The minimum absolute atomic E-state index is 0.651. The summed E-state index contributed by atoms with van der Waals surface area (Å²) < 4.78 is 11.0. The summed E-state index contributed by atoms with van der Waals surface area (Å²) in [4.78, 5) is 10.7. The Bertz CT molecular complexity index is 3000. The van der Waals surface area contributed by atoms with E-state index in [9.17, 15) is 0 Å². The zero-order chi connectivity index (χ0) is 29.2. The van der Waals surface area contributed by atoms with E-state index in [2.05, 4.69) is 124 Å². The molecule has 0 spiro atoms. The Hall–Kier alpha value is -6.20.